The Balaban J connectivity index is 1.34. The molecule has 1 aliphatic heterocycles. The average molecular weight is 357 g/mol. The van der Waals surface area contributed by atoms with Crippen LogP contribution in [-0.2, 0) is 17.6 Å². The van der Waals surface area contributed by atoms with Crippen LogP contribution in [0.5, 0.6) is 0 Å². The van der Waals surface area contributed by atoms with Crippen molar-refractivity contribution in [2.45, 2.75) is 77.0 Å². The summed E-state index contributed by atoms with van der Waals surface area (Å²) in [6.45, 7) is 4.55. The molecule has 0 spiro atoms. The van der Waals surface area contributed by atoms with Crippen LogP contribution in [0.2, 0.25) is 0 Å². The van der Waals surface area contributed by atoms with Crippen molar-refractivity contribution >= 4 is 0 Å². The van der Waals surface area contributed by atoms with E-state index < -0.39 is 0 Å². The van der Waals surface area contributed by atoms with E-state index in [1.807, 2.05) is 0 Å². The fourth-order valence-electron chi connectivity index (χ4n) is 5.61. The minimum absolute atomic E-state index is 0.149. The van der Waals surface area contributed by atoms with Crippen molar-refractivity contribution in [3.05, 3.63) is 34.9 Å². The van der Waals surface area contributed by atoms with Crippen molar-refractivity contribution in [1.29, 1.82) is 0 Å². The van der Waals surface area contributed by atoms with Crippen LogP contribution >= 0.6 is 0 Å². The number of ether oxygens (including phenoxy) is 1. The standard InChI is InChI=1S/C24H36O2/c1-24(17-25)11-8-23(16-24)22-7-6-20-14-19(4-5-21(20)15-22)3-2-18-9-12-26-13-10-18/h6-7,15,18-19,23,25H,2-5,8-14,16-17H2,1H3/t19-,23+,24+/m1/s1. The summed E-state index contributed by atoms with van der Waals surface area (Å²) >= 11 is 0. The van der Waals surface area contributed by atoms with Crippen molar-refractivity contribution in [3.63, 3.8) is 0 Å². The molecule has 1 saturated heterocycles. The van der Waals surface area contributed by atoms with Crippen LogP contribution in [0.15, 0.2) is 18.2 Å². The lowest BCUT2D eigenvalue weighted by atomic mass is 9.78. The van der Waals surface area contributed by atoms with Gasteiger partial charge in [-0.15, -0.1) is 0 Å². The second-order valence-corrected chi connectivity index (χ2v) is 9.68. The Morgan fingerprint density at radius 2 is 1.85 bits per heavy atom. The van der Waals surface area contributed by atoms with Gasteiger partial charge >= 0.3 is 0 Å². The van der Waals surface area contributed by atoms with Gasteiger partial charge in [0.15, 0.2) is 0 Å². The SMILES string of the molecule is C[C@]1(CO)CC[C@H](c2ccc3c(c2)CC[C@@H](CCC2CCOCC2)C3)C1. The number of hydrogen-bond donors (Lipinski definition) is 1. The van der Waals surface area contributed by atoms with E-state index >= 15 is 0 Å². The lowest BCUT2D eigenvalue weighted by Crippen LogP contribution is -2.19. The first kappa shape index (κ1) is 18.5. The van der Waals surface area contributed by atoms with Crippen LogP contribution in [0.3, 0.4) is 0 Å². The molecule has 3 aliphatic rings. The number of aliphatic hydroxyl groups excluding tert-OH is 1. The quantitative estimate of drug-likeness (QED) is 0.779. The number of hydrogen-bond acceptors (Lipinski definition) is 2. The lowest BCUT2D eigenvalue weighted by Gasteiger charge is -2.28. The molecule has 0 amide bonds. The minimum Gasteiger partial charge on any atom is -0.396 e. The molecular formula is C24H36O2. The van der Waals surface area contributed by atoms with E-state index in [4.69, 9.17) is 4.74 Å². The summed E-state index contributed by atoms with van der Waals surface area (Å²) in [5.74, 6) is 2.46. The van der Waals surface area contributed by atoms with E-state index in [-0.39, 0.29) is 5.41 Å². The third kappa shape index (κ3) is 4.17. The molecule has 26 heavy (non-hydrogen) atoms. The molecule has 0 radical (unpaired) electrons. The Morgan fingerprint density at radius 3 is 2.62 bits per heavy atom. The summed E-state index contributed by atoms with van der Waals surface area (Å²) < 4.78 is 5.50. The van der Waals surface area contributed by atoms with E-state index in [1.54, 1.807) is 11.1 Å². The maximum atomic E-state index is 9.65. The van der Waals surface area contributed by atoms with Gasteiger partial charge < -0.3 is 9.84 Å². The second-order valence-electron chi connectivity index (χ2n) is 9.68. The van der Waals surface area contributed by atoms with Gasteiger partial charge in [0.05, 0.1) is 0 Å². The molecule has 2 fully saturated rings. The molecule has 0 bridgehead atoms. The van der Waals surface area contributed by atoms with Crippen LogP contribution < -0.4 is 0 Å². The first-order valence-electron chi connectivity index (χ1n) is 11.0. The molecule has 1 heterocycles. The molecular weight excluding hydrogens is 320 g/mol. The molecule has 1 N–H and O–H groups in total. The molecule has 0 aromatic heterocycles. The van der Waals surface area contributed by atoms with Crippen LogP contribution in [0.1, 0.15) is 80.9 Å². The van der Waals surface area contributed by atoms with Gasteiger partial charge in [0.2, 0.25) is 0 Å². The van der Waals surface area contributed by atoms with Crippen molar-refractivity contribution < 1.29 is 9.84 Å². The van der Waals surface area contributed by atoms with Crippen LogP contribution in [0.4, 0.5) is 0 Å². The average Bonchev–Trinajstić information content (AvgIpc) is 3.09. The Labute approximate surface area is 159 Å². The Bertz CT molecular complexity index is 604. The van der Waals surface area contributed by atoms with E-state index in [2.05, 4.69) is 25.1 Å². The molecule has 1 aromatic rings. The first-order valence-corrected chi connectivity index (χ1v) is 11.0. The monoisotopic (exact) mass is 356 g/mol. The van der Waals surface area contributed by atoms with Crippen molar-refractivity contribution in [2.24, 2.45) is 17.3 Å². The van der Waals surface area contributed by atoms with Crippen LogP contribution in [-0.4, -0.2) is 24.9 Å². The first-order chi connectivity index (χ1) is 12.6. The zero-order valence-electron chi connectivity index (χ0n) is 16.5. The van der Waals surface area contributed by atoms with Crippen LogP contribution in [0, 0.1) is 17.3 Å². The second kappa shape index (κ2) is 8.02. The zero-order chi connectivity index (χ0) is 18.0. The molecule has 3 atom stereocenters. The zero-order valence-corrected chi connectivity index (χ0v) is 16.5. The van der Waals surface area contributed by atoms with Crippen molar-refractivity contribution in [1.82, 2.24) is 0 Å². The van der Waals surface area contributed by atoms with Crippen molar-refractivity contribution in [3.8, 4) is 0 Å². The summed E-state index contributed by atoms with van der Waals surface area (Å²) in [7, 11) is 0. The van der Waals surface area contributed by atoms with Gasteiger partial charge in [-0.25, -0.2) is 0 Å². The largest absolute Gasteiger partial charge is 0.396 e. The molecule has 2 nitrogen and oxygen atoms in total. The predicted octanol–water partition coefficient (Wildman–Crippen LogP) is 5.26. The maximum absolute atomic E-state index is 9.65. The van der Waals surface area contributed by atoms with Crippen LogP contribution in [0.25, 0.3) is 0 Å². The Morgan fingerprint density at radius 1 is 1.04 bits per heavy atom. The summed E-state index contributed by atoms with van der Waals surface area (Å²) in [6.07, 6.45) is 12.9. The third-order valence-corrected chi connectivity index (χ3v) is 7.57. The number of rotatable bonds is 5. The number of fused-ring (bicyclic) bond motifs is 1. The molecule has 4 rings (SSSR count). The van der Waals surface area contributed by atoms with E-state index in [0.717, 1.165) is 31.5 Å². The van der Waals surface area contributed by atoms with Gasteiger partial charge in [-0.2, -0.15) is 0 Å². The maximum Gasteiger partial charge on any atom is 0.0484 e. The highest BCUT2D eigenvalue weighted by Crippen LogP contribution is 2.46. The fraction of sp³-hybridized carbons (Fsp3) is 0.750. The fourth-order valence-corrected chi connectivity index (χ4v) is 5.61. The third-order valence-electron chi connectivity index (χ3n) is 7.57. The predicted molar refractivity (Wildman–Crippen MR) is 107 cm³/mol. The molecule has 144 valence electrons. The molecule has 1 saturated carbocycles. The smallest absolute Gasteiger partial charge is 0.0484 e. The highest BCUT2D eigenvalue weighted by Gasteiger charge is 2.35. The summed E-state index contributed by atoms with van der Waals surface area (Å²) in [4.78, 5) is 0. The molecule has 2 aliphatic carbocycles. The summed E-state index contributed by atoms with van der Waals surface area (Å²) in [5, 5.41) is 9.65. The number of aryl methyl sites for hydroxylation is 1. The Kier molecular flexibility index (Phi) is 5.71. The minimum atomic E-state index is 0.149. The summed E-state index contributed by atoms with van der Waals surface area (Å²) in [5.41, 5.74) is 4.90. The number of benzene rings is 1. The molecule has 1 aromatic carbocycles. The van der Waals surface area contributed by atoms with Gasteiger partial charge in [0.1, 0.15) is 0 Å². The van der Waals surface area contributed by atoms with Gasteiger partial charge in [-0.3, -0.25) is 0 Å². The van der Waals surface area contributed by atoms with Gasteiger partial charge in [0.25, 0.3) is 0 Å². The normalized spacial score (nSPS) is 32.5. The van der Waals surface area contributed by atoms with Gasteiger partial charge in [-0.05, 0) is 97.6 Å². The van der Waals surface area contributed by atoms with E-state index in [9.17, 15) is 5.11 Å². The lowest BCUT2D eigenvalue weighted by molar-refractivity contribution is 0.0616. The van der Waals surface area contributed by atoms with E-state index in [1.165, 1.54) is 63.4 Å². The Hall–Kier alpha value is -0.860. The van der Waals surface area contributed by atoms with Crippen molar-refractivity contribution in [2.75, 3.05) is 19.8 Å². The van der Waals surface area contributed by atoms with E-state index in [0.29, 0.717) is 12.5 Å². The highest BCUT2D eigenvalue weighted by atomic mass is 16.5. The van der Waals surface area contributed by atoms with Gasteiger partial charge in [0, 0.05) is 19.8 Å². The summed E-state index contributed by atoms with van der Waals surface area (Å²) in [6, 6.07) is 7.34. The highest BCUT2D eigenvalue weighted by molar-refractivity contribution is 5.36. The topological polar surface area (TPSA) is 29.5 Å². The number of aliphatic hydroxyl groups is 1. The van der Waals surface area contributed by atoms with Gasteiger partial charge in [-0.1, -0.05) is 31.5 Å². The molecule has 0 unspecified atom stereocenters. The molecule has 2 heteroatoms.